The van der Waals surface area contributed by atoms with Crippen molar-refractivity contribution in [1.82, 2.24) is 25.4 Å². The number of nitrogens with one attached hydrogen (secondary N) is 2. The zero-order chi connectivity index (χ0) is 21.2. The molecule has 0 radical (unpaired) electrons. The van der Waals surface area contributed by atoms with Gasteiger partial charge in [0.25, 0.3) is 0 Å². The van der Waals surface area contributed by atoms with Crippen LogP contribution in [0.3, 0.4) is 0 Å². The first-order chi connectivity index (χ1) is 14.6. The standard InChI is InChI=1S/C15H18N4OS.C4H5N3OS/c20-13(10-12-8-4-5-9-16-12)17-15-19-18-14(21-15)11-6-2-1-3-7-11;1-3(8)6-4-7-5-2-9-4/h4-5,8-9,11H,1-3,6-7,10H2,(H,17,19,20);2H,1H3,(H,6,7,8). The van der Waals surface area contributed by atoms with Gasteiger partial charge >= 0.3 is 0 Å². The van der Waals surface area contributed by atoms with Gasteiger partial charge in [-0.2, -0.15) is 0 Å². The number of carbonyl (C=O) groups excluding carboxylic acids is 2. The lowest BCUT2D eigenvalue weighted by atomic mass is 9.90. The third-order valence-corrected chi connectivity index (χ3v) is 5.96. The molecule has 9 nitrogen and oxygen atoms in total. The first-order valence-corrected chi connectivity index (χ1v) is 11.4. The van der Waals surface area contributed by atoms with E-state index in [9.17, 15) is 9.59 Å². The molecule has 2 N–H and O–H groups in total. The van der Waals surface area contributed by atoms with Gasteiger partial charge in [-0.25, -0.2) is 0 Å². The fraction of sp³-hybridized carbons (Fsp3) is 0.421. The zero-order valence-electron chi connectivity index (χ0n) is 16.6. The lowest BCUT2D eigenvalue weighted by Gasteiger charge is -2.18. The summed E-state index contributed by atoms with van der Waals surface area (Å²) in [4.78, 5) is 26.4. The van der Waals surface area contributed by atoms with Crippen LogP contribution in [-0.2, 0) is 16.0 Å². The SMILES string of the molecule is CC(=O)Nc1nncs1.O=C(Cc1ccccn1)Nc1nnc(C2CCCCC2)s1. The maximum absolute atomic E-state index is 12.0. The van der Waals surface area contributed by atoms with Crippen molar-refractivity contribution in [3.8, 4) is 0 Å². The van der Waals surface area contributed by atoms with Gasteiger partial charge in [-0.1, -0.05) is 48.0 Å². The number of carbonyl (C=O) groups is 2. The van der Waals surface area contributed by atoms with E-state index in [-0.39, 0.29) is 18.2 Å². The van der Waals surface area contributed by atoms with Crippen LogP contribution in [0.1, 0.15) is 55.6 Å². The second kappa shape index (κ2) is 11.4. The Morgan fingerprint density at radius 1 is 1.07 bits per heavy atom. The van der Waals surface area contributed by atoms with Crippen LogP contribution in [0.2, 0.25) is 0 Å². The highest BCUT2D eigenvalue weighted by atomic mass is 32.1. The third-order valence-electron chi connectivity index (χ3n) is 4.35. The van der Waals surface area contributed by atoms with Gasteiger partial charge in [0.05, 0.1) is 6.42 Å². The summed E-state index contributed by atoms with van der Waals surface area (Å²) in [6, 6.07) is 5.55. The maximum Gasteiger partial charge on any atom is 0.232 e. The van der Waals surface area contributed by atoms with Crippen LogP contribution < -0.4 is 10.6 Å². The molecule has 0 unspecified atom stereocenters. The van der Waals surface area contributed by atoms with Gasteiger partial charge in [0.1, 0.15) is 10.5 Å². The molecule has 0 saturated heterocycles. The molecule has 0 spiro atoms. The highest BCUT2D eigenvalue weighted by Gasteiger charge is 2.20. The molecule has 0 aromatic carbocycles. The van der Waals surface area contributed by atoms with Crippen molar-refractivity contribution in [2.45, 2.75) is 51.4 Å². The van der Waals surface area contributed by atoms with E-state index in [1.807, 2.05) is 18.2 Å². The van der Waals surface area contributed by atoms with E-state index in [0.29, 0.717) is 16.2 Å². The van der Waals surface area contributed by atoms with Crippen LogP contribution in [0.25, 0.3) is 0 Å². The summed E-state index contributed by atoms with van der Waals surface area (Å²) >= 11 is 2.80. The van der Waals surface area contributed by atoms with Crippen LogP contribution in [0.5, 0.6) is 0 Å². The molecular formula is C19H23N7O2S2. The average molecular weight is 446 g/mol. The van der Waals surface area contributed by atoms with Crippen molar-refractivity contribution in [3.05, 3.63) is 40.6 Å². The van der Waals surface area contributed by atoms with Gasteiger partial charge in [-0.3, -0.25) is 14.6 Å². The molecule has 2 amide bonds. The lowest BCUT2D eigenvalue weighted by molar-refractivity contribution is -0.116. The minimum absolute atomic E-state index is 0.0972. The normalized spacial score (nSPS) is 13.8. The molecule has 1 aliphatic carbocycles. The second-order valence-corrected chi connectivity index (χ2v) is 8.59. The van der Waals surface area contributed by atoms with Crippen molar-refractivity contribution >= 4 is 44.8 Å². The van der Waals surface area contributed by atoms with Crippen molar-refractivity contribution in [2.24, 2.45) is 0 Å². The van der Waals surface area contributed by atoms with E-state index in [4.69, 9.17) is 0 Å². The van der Waals surface area contributed by atoms with E-state index in [2.05, 4.69) is 36.0 Å². The van der Waals surface area contributed by atoms with Gasteiger partial charge in [-0.05, 0) is 25.0 Å². The third kappa shape index (κ3) is 7.23. The Hall–Kier alpha value is -2.79. The number of aromatic nitrogens is 5. The molecule has 0 bridgehead atoms. The summed E-state index contributed by atoms with van der Waals surface area (Å²) in [6.07, 6.45) is 8.20. The Morgan fingerprint density at radius 2 is 1.90 bits per heavy atom. The van der Waals surface area contributed by atoms with Gasteiger partial charge in [-0.15, -0.1) is 20.4 Å². The Balaban J connectivity index is 0.000000239. The number of anilines is 2. The number of pyridine rings is 1. The molecule has 1 aliphatic rings. The second-order valence-electron chi connectivity index (χ2n) is 6.75. The van der Waals surface area contributed by atoms with Crippen LogP contribution >= 0.6 is 22.7 Å². The molecule has 30 heavy (non-hydrogen) atoms. The minimum Gasteiger partial charge on any atom is -0.301 e. The molecule has 158 valence electrons. The number of rotatable bonds is 5. The monoisotopic (exact) mass is 445 g/mol. The quantitative estimate of drug-likeness (QED) is 0.614. The minimum atomic E-state index is -0.119. The zero-order valence-corrected chi connectivity index (χ0v) is 18.2. The molecule has 3 aromatic rings. The highest BCUT2D eigenvalue weighted by molar-refractivity contribution is 7.15. The van der Waals surface area contributed by atoms with Crippen LogP contribution in [0.15, 0.2) is 29.9 Å². The van der Waals surface area contributed by atoms with E-state index in [1.165, 1.54) is 61.7 Å². The number of hydrogen-bond donors (Lipinski definition) is 2. The van der Waals surface area contributed by atoms with E-state index in [0.717, 1.165) is 10.7 Å². The molecule has 11 heteroatoms. The fourth-order valence-corrected chi connectivity index (χ4v) is 4.43. The average Bonchev–Trinajstić information content (AvgIpc) is 3.42. The maximum atomic E-state index is 12.0. The Morgan fingerprint density at radius 3 is 2.57 bits per heavy atom. The smallest absolute Gasteiger partial charge is 0.232 e. The van der Waals surface area contributed by atoms with E-state index in [1.54, 1.807) is 11.7 Å². The van der Waals surface area contributed by atoms with Gasteiger partial charge < -0.3 is 10.6 Å². The van der Waals surface area contributed by atoms with Crippen LogP contribution in [0.4, 0.5) is 10.3 Å². The van der Waals surface area contributed by atoms with Crippen LogP contribution in [-0.4, -0.2) is 37.2 Å². The predicted octanol–water partition coefficient (Wildman–Crippen LogP) is 3.66. The van der Waals surface area contributed by atoms with Gasteiger partial charge in [0.2, 0.25) is 22.1 Å². The van der Waals surface area contributed by atoms with Crippen molar-refractivity contribution in [2.75, 3.05) is 10.6 Å². The Bertz CT molecular complexity index is 926. The van der Waals surface area contributed by atoms with Crippen molar-refractivity contribution in [1.29, 1.82) is 0 Å². The molecule has 3 heterocycles. The van der Waals surface area contributed by atoms with Crippen LogP contribution in [0, 0.1) is 0 Å². The van der Waals surface area contributed by atoms with Gasteiger partial charge in [0, 0.05) is 24.7 Å². The highest BCUT2D eigenvalue weighted by Crippen LogP contribution is 2.35. The topological polar surface area (TPSA) is 123 Å². The fourth-order valence-electron chi connectivity index (χ4n) is 3.01. The molecule has 0 aliphatic heterocycles. The van der Waals surface area contributed by atoms with Gasteiger partial charge in [0.15, 0.2) is 0 Å². The first-order valence-electron chi connectivity index (χ1n) is 9.67. The van der Waals surface area contributed by atoms with E-state index >= 15 is 0 Å². The van der Waals surface area contributed by atoms with Crippen molar-refractivity contribution < 1.29 is 9.59 Å². The Labute approximate surface area is 182 Å². The summed E-state index contributed by atoms with van der Waals surface area (Å²) < 4.78 is 0. The van der Waals surface area contributed by atoms with Crippen molar-refractivity contribution in [3.63, 3.8) is 0 Å². The summed E-state index contributed by atoms with van der Waals surface area (Å²) in [5.41, 5.74) is 2.32. The summed E-state index contributed by atoms with van der Waals surface area (Å²) in [5.74, 6) is 0.310. The lowest BCUT2D eigenvalue weighted by Crippen LogP contribution is -2.14. The predicted molar refractivity (Wildman–Crippen MR) is 117 cm³/mol. The number of amides is 2. The number of hydrogen-bond acceptors (Lipinski definition) is 9. The molecule has 4 rings (SSSR count). The molecule has 3 aromatic heterocycles. The summed E-state index contributed by atoms with van der Waals surface area (Å²) in [6.45, 7) is 1.43. The molecule has 1 saturated carbocycles. The molecular weight excluding hydrogens is 422 g/mol. The largest absolute Gasteiger partial charge is 0.301 e. The molecule has 0 atom stereocenters. The number of nitrogens with zero attached hydrogens (tertiary/aromatic N) is 5. The molecule has 1 fully saturated rings. The Kier molecular flexibility index (Phi) is 8.33. The first kappa shape index (κ1) is 21.9. The summed E-state index contributed by atoms with van der Waals surface area (Å²) in [5, 5.41) is 23.0. The summed E-state index contributed by atoms with van der Waals surface area (Å²) in [7, 11) is 0. The van der Waals surface area contributed by atoms with E-state index < -0.39 is 0 Å².